The third-order valence-electron chi connectivity index (χ3n) is 2.93. The molecular weight excluding hydrogens is 252 g/mol. The van der Waals surface area contributed by atoms with Gasteiger partial charge < -0.3 is 10.1 Å². The molecule has 2 rings (SSSR count). The first-order valence-corrected chi connectivity index (χ1v) is 6.93. The first-order valence-electron chi connectivity index (χ1n) is 5.88. The highest BCUT2D eigenvalue weighted by atomic mass is 32.2. The van der Waals surface area contributed by atoms with Crippen molar-refractivity contribution >= 4 is 23.1 Å². The van der Waals surface area contributed by atoms with Gasteiger partial charge in [-0.25, -0.2) is 0 Å². The van der Waals surface area contributed by atoms with Gasteiger partial charge in [0.2, 0.25) is 0 Å². The van der Waals surface area contributed by atoms with Gasteiger partial charge in [0.15, 0.2) is 5.75 Å². The maximum atomic E-state index is 10.8. The zero-order valence-electron chi connectivity index (χ0n) is 10.2. The molecule has 0 spiro atoms. The van der Waals surface area contributed by atoms with Crippen molar-refractivity contribution in [2.24, 2.45) is 0 Å². The van der Waals surface area contributed by atoms with Crippen LogP contribution in [0.5, 0.6) is 5.75 Å². The molecule has 1 aromatic carbocycles. The van der Waals surface area contributed by atoms with Crippen LogP contribution in [0.4, 0.5) is 11.4 Å². The molecule has 1 aliphatic heterocycles. The number of nitro benzene ring substituents is 1. The summed E-state index contributed by atoms with van der Waals surface area (Å²) in [6.45, 7) is 0.894. The van der Waals surface area contributed by atoms with E-state index < -0.39 is 4.92 Å². The van der Waals surface area contributed by atoms with Gasteiger partial charge in [-0.05, 0) is 24.7 Å². The van der Waals surface area contributed by atoms with E-state index in [-0.39, 0.29) is 5.69 Å². The molecule has 0 radical (unpaired) electrons. The lowest BCUT2D eigenvalue weighted by Gasteiger charge is -2.12. The van der Waals surface area contributed by atoms with E-state index >= 15 is 0 Å². The highest BCUT2D eigenvalue weighted by Crippen LogP contribution is 2.31. The summed E-state index contributed by atoms with van der Waals surface area (Å²) in [6.07, 6.45) is 2.52. The van der Waals surface area contributed by atoms with Gasteiger partial charge in [0.05, 0.1) is 12.0 Å². The Balaban J connectivity index is 2.02. The zero-order chi connectivity index (χ0) is 13.0. The van der Waals surface area contributed by atoms with Crippen LogP contribution in [0.25, 0.3) is 0 Å². The van der Waals surface area contributed by atoms with E-state index in [4.69, 9.17) is 4.74 Å². The van der Waals surface area contributed by atoms with Crippen molar-refractivity contribution in [3.63, 3.8) is 0 Å². The molecular formula is C12H16N2O3S. The predicted octanol–water partition coefficient (Wildman–Crippen LogP) is 2.91. The van der Waals surface area contributed by atoms with Crippen molar-refractivity contribution in [1.82, 2.24) is 0 Å². The molecule has 1 N–H and O–H groups in total. The van der Waals surface area contributed by atoms with E-state index in [1.807, 2.05) is 11.8 Å². The molecule has 0 amide bonds. The van der Waals surface area contributed by atoms with Gasteiger partial charge in [-0.15, -0.1) is 0 Å². The minimum atomic E-state index is -0.435. The van der Waals surface area contributed by atoms with E-state index in [1.54, 1.807) is 12.1 Å². The molecule has 0 aromatic heterocycles. The Morgan fingerprint density at radius 2 is 2.44 bits per heavy atom. The molecule has 1 unspecified atom stereocenters. The molecule has 1 aliphatic rings. The molecule has 6 heteroatoms. The molecule has 0 saturated carbocycles. The highest BCUT2D eigenvalue weighted by Gasteiger charge is 2.17. The largest absolute Gasteiger partial charge is 0.490 e. The van der Waals surface area contributed by atoms with Crippen LogP contribution in [0.1, 0.15) is 12.8 Å². The standard InChI is InChI=1S/C12H16N2O3S/c1-17-12-7-9(4-5-11(12)14(15)16)13-8-10-3-2-6-18-10/h4-5,7,10,13H,2-3,6,8H2,1H3. The normalized spacial score (nSPS) is 18.6. The average molecular weight is 268 g/mol. The van der Waals surface area contributed by atoms with Gasteiger partial charge in [0, 0.05) is 29.6 Å². The Morgan fingerprint density at radius 3 is 3.06 bits per heavy atom. The van der Waals surface area contributed by atoms with Crippen molar-refractivity contribution in [1.29, 1.82) is 0 Å². The molecule has 98 valence electrons. The van der Waals surface area contributed by atoms with Crippen LogP contribution in [0.2, 0.25) is 0 Å². The molecule has 0 aliphatic carbocycles. The van der Waals surface area contributed by atoms with Gasteiger partial charge in [0.25, 0.3) is 0 Å². The number of ether oxygens (including phenoxy) is 1. The van der Waals surface area contributed by atoms with Crippen LogP contribution in [-0.4, -0.2) is 29.6 Å². The second-order valence-electron chi connectivity index (χ2n) is 4.16. The minimum absolute atomic E-state index is 0.00158. The van der Waals surface area contributed by atoms with E-state index in [1.165, 1.54) is 31.8 Å². The van der Waals surface area contributed by atoms with E-state index in [0.717, 1.165) is 12.2 Å². The number of anilines is 1. The number of nitro groups is 1. The highest BCUT2D eigenvalue weighted by molar-refractivity contribution is 8.00. The lowest BCUT2D eigenvalue weighted by molar-refractivity contribution is -0.385. The summed E-state index contributed by atoms with van der Waals surface area (Å²) in [5.41, 5.74) is 0.864. The fraction of sp³-hybridized carbons (Fsp3) is 0.500. The molecule has 0 bridgehead atoms. The Kier molecular flexibility index (Phi) is 4.30. The maximum Gasteiger partial charge on any atom is 0.311 e. The van der Waals surface area contributed by atoms with Gasteiger partial charge in [-0.3, -0.25) is 10.1 Å². The average Bonchev–Trinajstić information content (AvgIpc) is 2.88. The monoisotopic (exact) mass is 268 g/mol. The maximum absolute atomic E-state index is 10.8. The Labute approximate surface area is 110 Å². The molecule has 1 fully saturated rings. The minimum Gasteiger partial charge on any atom is -0.490 e. The van der Waals surface area contributed by atoms with E-state index in [2.05, 4.69) is 5.32 Å². The fourth-order valence-corrected chi connectivity index (χ4v) is 3.18. The number of methoxy groups -OCH3 is 1. The molecule has 18 heavy (non-hydrogen) atoms. The van der Waals surface area contributed by atoms with E-state index in [9.17, 15) is 10.1 Å². The number of thioether (sulfide) groups is 1. The lowest BCUT2D eigenvalue weighted by atomic mass is 10.2. The summed E-state index contributed by atoms with van der Waals surface area (Å²) >= 11 is 1.98. The number of hydrogen-bond donors (Lipinski definition) is 1. The van der Waals surface area contributed by atoms with Crippen molar-refractivity contribution in [3.05, 3.63) is 28.3 Å². The summed E-state index contributed by atoms with van der Waals surface area (Å²) < 4.78 is 5.03. The topological polar surface area (TPSA) is 64.4 Å². The zero-order valence-corrected chi connectivity index (χ0v) is 11.0. The van der Waals surface area contributed by atoms with Crippen LogP contribution in [0.3, 0.4) is 0 Å². The summed E-state index contributed by atoms with van der Waals surface area (Å²) in [7, 11) is 1.44. The molecule has 1 atom stereocenters. The number of hydrogen-bond acceptors (Lipinski definition) is 5. The number of nitrogens with one attached hydrogen (secondary N) is 1. The van der Waals surface area contributed by atoms with E-state index in [0.29, 0.717) is 11.0 Å². The van der Waals surface area contributed by atoms with Crippen LogP contribution in [-0.2, 0) is 0 Å². The Bertz CT molecular complexity index is 433. The SMILES string of the molecule is COc1cc(NCC2CCCS2)ccc1[N+](=O)[O-]. The van der Waals surface area contributed by atoms with Crippen molar-refractivity contribution in [3.8, 4) is 5.75 Å². The summed E-state index contributed by atoms with van der Waals surface area (Å²) in [5, 5.41) is 14.7. The van der Waals surface area contributed by atoms with Crippen LogP contribution < -0.4 is 10.1 Å². The van der Waals surface area contributed by atoms with Crippen molar-refractivity contribution in [2.75, 3.05) is 24.7 Å². The predicted molar refractivity (Wildman–Crippen MR) is 73.6 cm³/mol. The van der Waals surface area contributed by atoms with Gasteiger partial charge in [-0.1, -0.05) is 0 Å². The third-order valence-corrected chi connectivity index (χ3v) is 4.33. The first-order chi connectivity index (χ1) is 8.70. The van der Waals surface area contributed by atoms with Crippen LogP contribution in [0, 0.1) is 10.1 Å². The van der Waals surface area contributed by atoms with Gasteiger partial charge in [-0.2, -0.15) is 11.8 Å². The molecule has 5 nitrogen and oxygen atoms in total. The summed E-state index contributed by atoms with van der Waals surface area (Å²) in [5.74, 6) is 1.53. The molecule has 1 aromatic rings. The quantitative estimate of drug-likeness (QED) is 0.657. The van der Waals surface area contributed by atoms with Gasteiger partial charge in [0.1, 0.15) is 0 Å². The fourth-order valence-electron chi connectivity index (χ4n) is 1.98. The molecule has 1 heterocycles. The Morgan fingerprint density at radius 1 is 1.61 bits per heavy atom. The first kappa shape index (κ1) is 13.0. The number of benzene rings is 1. The summed E-state index contributed by atoms with van der Waals surface area (Å²) in [6, 6.07) is 4.88. The number of nitrogens with zero attached hydrogens (tertiary/aromatic N) is 1. The number of rotatable bonds is 5. The molecule has 1 saturated heterocycles. The smallest absolute Gasteiger partial charge is 0.311 e. The van der Waals surface area contributed by atoms with Crippen molar-refractivity contribution in [2.45, 2.75) is 18.1 Å². The van der Waals surface area contributed by atoms with Crippen LogP contribution >= 0.6 is 11.8 Å². The summed E-state index contributed by atoms with van der Waals surface area (Å²) in [4.78, 5) is 10.3. The Hall–Kier alpha value is -1.43. The second kappa shape index (κ2) is 5.95. The lowest BCUT2D eigenvalue weighted by Crippen LogP contribution is -2.13. The van der Waals surface area contributed by atoms with Crippen LogP contribution in [0.15, 0.2) is 18.2 Å². The second-order valence-corrected chi connectivity index (χ2v) is 5.57. The third kappa shape index (κ3) is 3.07. The van der Waals surface area contributed by atoms with Crippen molar-refractivity contribution < 1.29 is 9.66 Å². The van der Waals surface area contributed by atoms with Gasteiger partial charge >= 0.3 is 5.69 Å².